The van der Waals surface area contributed by atoms with Crippen molar-refractivity contribution in [2.75, 3.05) is 33.8 Å². The second-order valence-corrected chi connectivity index (χ2v) is 6.14. The molecule has 26 heavy (non-hydrogen) atoms. The van der Waals surface area contributed by atoms with Gasteiger partial charge in [0.1, 0.15) is 5.75 Å². The Kier molecular flexibility index (Phi) is 9.26. The van der Waals surface area contributed by atoms with E-state index in [4.69, 9.17) is 4.74 Å². The summed E-state index contributed by atoms with van der Waals surface area (Å²) in [5.41, 5.74) is 0.920. The molecule has 0 saturated carbocycles. The fourth-order valence-electron chi connectivity index (χ4n) is 2.16. The average molecular weight is 374 g/mol. The van der Waals surface area contributed by atoms with Gasteiger partial charge in [0.05, 0.1) is 0 Å². The molecule has 0 amide bonds. The number of aliphatic imine (C=N–C) groups is 1. The summed E-state index contributed by atoms with van der Waals surface area (Å²) in [4.78, 5) is 6.44. The lowest BCUT2D eigenvalue weighted by Crippen LogP contribution is -2.42. The minimum Gasteiger partial charge on any atom is -0.484 e. The van der Waals surface area contributed by atoms with E-state index in [1.165, 1.54) is 12.1 Å². The first-order valence-electron chi connectivity index (χ1n) is 8.68. The van der Waals surface area contributed by atoms with Crippen LogP contribution in [-0.4, -0.2) is 56.9 Å². The highest BCUT2D eigenvalue weighted by Gasteiger charge is 2.28. The zero-order valence-electron chi connectivity index (χ0n) is 15.9. The van der Waals surface area contributed by atoms with Crippen molar-refractivity contribution in [1.82, 2.24) is 15.5 Å². The lowest BCUT2D eigenvalue weighted by atomic mass is 10.2. The number of guanidine groups is 1. The van der Waals surface area contributed by atoms with Gasteiger partial charge in [0.15, 0.2) is 12.6 Å². The van der Waals surface area contributed by atoms with Gasteiger partial charge in [-0.15, -0.1) is 0 Å². The van der Waals surface area contributed by atoms with Crippen molar-refractivity contribution in [1.29, 1.82) is 0 Å². The quantitative estimate of drug-likeness (QED) is 0.515. The molecule has 0 bridgehead atoms. The molecule has 1 atom stereocenters. The maximum atomic E-state index is 12.1. The van der Waals surface area contributed by atoms with Gasteiger partial charge >= 0.3 is 6.18 Å². The van der Waals surface area contributed by atoms with Crippen molar-refractivity contribution in [2.45, 2.75) is 39.0 Å². The number of alkyl halides is 3. The van der Waals surface area contributed by atoms with E-state index in [1.54, 1.807) is 19.2 Å². The van der Waals surface area contributed by atoms with E-state index in [2.05, 4.69) is 41.4 Å². The number of halogens is 3. The molecule has 148 valence electrons. The predicted molar refractivity (Wildman–Crippen MR) is 98.6 cm³/mol. The van der Waals surface area contributed by atoms with Crippen LogP contribution in [0.4, 0.5) is 13.2 Å². The van der Waals surface area contributed by atoms with Crippen LogP contribution in [0, 0.1) is 0 Å². The van der Waals surface area contributed by atoms with E-state index in [1.807, 2.05) is 0 Å². The third-order valence-electron chi connectivity index (χ3n) is 4.11. The molecule has 1 unspecified atom stereocenters. The van der Waals surface area contributed by atoms with E-state index in [0.29, 0.717) is 18.5 Å². The van der Waals surface area contributed by atoms with Gasteiger partial charge in [0, 0.05) is 32.7 Å². The van der Waals surface area contributed by atoms with E-state index in [9.17, 15) is 13.2 Å². The molecule has 0 saturated heterocycles. The van der Waals surface area contributed by atoms with Gasteiger partial charge in [0.2, 0.25) is 0 Å². The first-order valence-corrected chi connectivity index (χ1v) is 8.68. The molecule has 0 fully saturated rings. The highest BCUT2D eigenvalue weighted by Crippen LogP contribution is 2.18. The van der Waals surface area contributed by atoms with Crippen LogP contribution in [0.25, 0.3) is 0 Å². The highest BCUT2D eigenvalue weighted by molar-refractivity contribution is 5.79. The van der Waals surface area contributed by atoms with Gasteiger partial charge in [-0.1, -0.05) is 19.1 Å². The number of benzene rings is 1. The number of hydrogen-bond donors (Lipinski definition) is 2. The largest absolute Gasteiger partial charge is 0.484 e. The predicted octanol–water partition coefficient (Wildman–Crippen LogP) is 3.02. The molecule has 1 rings (SSSR count). The van der Waals surface area contributed by atoms with Gasteiger partial charge < -0.3 is 20.3 Å². The van der Waals surface area contributed by atoms with Crippen molar-refractivity contribution in [3.05, 3.63) is 29.8 Å². The molecule has 0 aliphatic carbocycles. The molecule has 0 aromatic heterocycles. The number of likely N-dealkylation sites (N-methyl/N-ethyl adjacent to an activating group) is 1. The van der Waals surface area contributed by atoms with Crippen LogP contribution in [0.2, 0.25) is 0 Å². The Bertz CT molecular complexity index is 546. The summed E-state index contributed by atoms with van der Waals surface area (Å²) in [5, 5.41) is 6.42. The van der Waals surface area contributed by atoms with E-state index >= 15 is 0 Å². The SMILES string of the molecule is CCC(C)N(C)CCNC(=NC)NCc1ccc(OCC(F)(F)F)cc1. The van der Waals surface area contributed by atoms with E-state index < -0.39 is 12.8 Å². The van der Waals surface area contributed by atoms with Crippen LogP contribution in [0.3, 0.4) is 0 Å². The number of rotatable bonds is 9. The Morgan fingerprint density at radius 2 is 1.88 bits per heavy atom. The number of nitrogens with one attached hydrogen (secondary N) is 2. The van der Waals surface area contributed by atoms with Crippen molar-refractivity contribution >= 4 is 5.96 Å². The molecular weight excluding hydrogens is 345 g/mol. The number of hydrogen-bond acceptors (Lipinski definition) is 3. The standard InChI is InChI=1S/C18H29F3N4O/c1-5-14(2)25(4)11-10-23-17(22-3)24-12-15-6-8-16(9-7-15)26-13-18(19,20)21/h6-9,14H,5,10-13H2,1-4H3,(H2,22,23,24). The maximum absolute atomic E-state index is 12.1. The second kappa shape index (κ2) is 10.9. The molecule has 0 aliphatic rings. The molecule has 8 heteroatoms. The normalized spacial score (nSPS) is 13.6. The summed E-state index contributed by atoms with van der Waals surface area (Å²) in [6.45, 7) is 5.25. The Balaban J connectivity index is 2.37. The molecule has 2 N–H and O–H groups in total. The monoisotopic (exact) mass is 374 g/mol. The lowest BCUT2D eigenvalue weighted by molar-refractivity contribution is -0.153. The van der Waals surface area contributed by atoms with Gasteiger partial charge in [-0.05, 0) is 38.1 Å². The van der Waals surface area contributed by atoms with Crippen LogP contribution in [-0.2, 0) is 6.54 Å². The van der Waals surface area contributed by atoms with Crippen LogP contribution >= 0.6 is 0 Å². The van der Waals surface area contributed by atoms with Crippen molar-refractivity contribution in [3.63, 3.8) is 0 Å². The van der Waals surface area contributed by atoms with Crippen molar-refractivity contribution < 1.29 is 17.9 Å². The third kappa shape index (κ3) is 8.94. The van der Waals surface area contributed by atoms with Gasteiger partial charge in [-0.3, -0.25) is 4.99 Å². The van der Waals surface area contributed by atoms with Crippen molar-refractivity contribution in [3.8, 4) is 5.75 Å². The first kappa shape index (κ1) is 22.1. The Labute approximate surface area is 153 Å². The Morgan fingerprint density at radius 3 is 2.42 bits per heavy atom. The fraction of sp³-hybridized carbons (Fsp3) is 0.611. The van der Waals surface area contributed by atoms with Crippen LogP contribution in [0.1, 0.15) is 25.8 Å². The van der Waals surface area contributed by atoms with Gasteiger partial charge in [-0.25, -0.2) is 0 Å². The first-order chi connectivity index (χ1) is 12.2. The summed E-state index contributed by atoms with van der Waals surface area (Å²) >= 11 is 0. The van der Waals surface area contributed by atoms with Crippen molar-refractivity contribution in [2.24, 2.45) is 4.99 Å². The molecule has 0 aliphatic heterocycles. The van der Waals surface area contributed by atoms with Gasteiger partial charge in [0.25, 0.3) is 0 Å². The Morgan fingerprint density at radius 1 is 1.23 bits per heavy atom. The zero-order chi connectivity index (χ0) is 19.6. The smallest absolute Gasteiger partial charge is 0.422 e. The summed E-state index contributed by atoms with van der Waals surface area (Å²) in [6, 6.07) is 7.04. The van der Waals surface area contributed by atoms with Crippen LogP contribution < -0.4 is 15.4 Å². The summed E-state index contributed by atoms with van der Waals surface area (Å²) in [7, 11) is 3.79. The number of nitrogens with zero attached hydrogens (tertiary/aromatic N) is 2. The third-order valence-corrected chi connectivity index (χ3v) is 4.11. The highest BCUT2D eigenvalue weighted by atomic mass is 19.4. The van der Waals surface area contributed by atoms with E-state index in [-0.39, 0.29) is 5.75 Å². The molecule has 0 heterocycles. The molecule has 1 aromatic rings. The molecule has 5 nitrogen and oxygen atoms in total. The number of ether oxygens (including phenoxy) is 1. The lowest BCUT2D eigenvalue weighted by Gasteiger charge is -2.24. The molecule has 0 radical (unpaired) electrons. The molecular formula is C18H29F3N4O. The zero-order valence-corrected chi connectivity index (χ0v) is 15.9. The molecule has 1 aromatic carbocycles. The summed E-state index contributed by atoms with van der Waals surface area (Å²) in [6.07, 6.45) is -3.23. The Hall–Kier alpha value is -1.96. The second-order valence-electron chi connectivity index (χ2n) is 6.14. The summed E-state index contributed by atoms with van der Waals surface area (Å²) in [5.74, 6) is 0.876. The molecule has 0 spiro atoms. The minimum atomic E-state index is -4.33. The van der Waals surface area contributed by atoms with Crippen LogP contribution in [0.5, 0.6) is 5.75 Å². The average Bonchev–Trinajstić information content (AvgIpc) is 2.62. The minimum absolute atomic E-state index is 0.196. The van der Waals surface area contributed by atoms with Crippen LogP contribution in [0.15, 0.2) is 29.3 Å². The van der Waals surface area contributed by atoms with Gasteiger partial charge in [-0.2, -0.15) is 13.2 Å². The topological polar surface area (TPSA) is 48.9 Å². The summed E-state index contributed by atoms with van der Waals surface area (Å²) < 4.78 is 41.1. The fourth-order valence-corrected chi connectivity index (χ4v) is 2.16. The maximum Gasteiger partial charge on any atom is 0.422 e. The van der Waals surface area contributed by atoms with E-state index in [0.717, 1.165) is 25.1 Å².